The monoisotopic (exact) mass is 538 g/mol. The summed E-state index contributed by atoms with van der Waals surface area (Å²) in [6.45, 7) is 3.55. The second-order valence-corrected chi connectivity index (χ2v) is 11.1. The fourth-order valence-electron chi connectivity index (χ4n) is 3.14. The van der Waals surface area contributed by atoms with Crippen LogP contribution in [0.2, 0.25) is 0 Å². The fourth-order valence-corrected chi connectivity index (χ4v) is 4.14. The molecule has 3 rings (SSSR count). The summed E-state index contributed by atoms with van der Waals surface area (Å²) >= 11 is 3.11. The number of aliphatic hydroxyl groups is 1. The lowest BCUT2D eigenvalue weighted by Gasteiger charge is -2.18. The number of rotatable bonds is 8. The lowest BCUT2D eigenvalue weighted by molar-refractivity contribution is 0.0640. The van der Waals surface area contributed by atoms with E-state index in [9.17, 15) is 22.7 Å². The summed E-state index contributed by atoms with van der Waals surface area (Å²) in [4.78, 5) is 13.4. The fraction of sp³-hybridized carbons (Fsp3) is 0.304. The van der Waals surface area contributed by atoms with Crippen LogP contribution in [0.15, 0.2) is 62.8 Å². The molecular formula is C23H24BrFN2O5S. The molecule has 0 aliphatic heterocycles. The van der Waals surface area contributed by atoms with Crippen LogP contribution in [0.25, 0.3) is 16.8 Å². The molecule has 0 spiro atoms. The second kappa shape index (κ2) is 9.74. The van der Waals surface area contributed by atoms with E-state index in [1.165, 1.54) is 36.5 Å². The van der Waals surface area contributed by atoms with Crippen LogP contribution in [-0.2, 0) is 9.84 Å². The molecule has 176 valence electrons. The van der Waals surface area contributed by atoms with Crippen molar-refractivity contribution < 1.29 is 22.7 Å². The van der Waals surface area contributed by atoms with E-state index >= 15 is 0 Å². The summed E-state index contributed by atoms with van der Waals surface area (Å²) < 4.78 is 44.3. The molecule has 7 nitrogen and oxygen atoms in total. The molecule has 0 saturated carbocycles. The van der Waals surface area contributed by atoms with Gasteiger partial charge in [0.05, 0.1) is 33.5 Å². The first-order valence-electron chi connectivity index (χ1n) is 10.1. The standard InChI is InChI=1S/C23H24BrFN2O5S/c1-23(2,29)11-4-12-32-21-18(15-5-8-17(9-6-15)33(3,30)31)14-26-27(22(21)28)16-7-10-20(25)19(24)13-16/h5-10,13-14,29H,4,11-12H2,1-3H3. The van der Waals surface area contributed by atoms with Gasteiger partial charge in [0.2, 0.25) is 0 Å². The normalized spacial score (nSPS) is 12.1. The lowest BCUT2D eigenvalue weighted by Crippen LogP contribution is -2.25. The van der Waals surface area contributed by atoms with E-state index < -0.39 is 26.8 Å². The van der Waals surface area contributed by atoms with Crippen molar-refractivity contribution in [3.8, 4) is 22.6 Å². The Morgan fingerprint density at radius 2 is 1.85 bits per heavy atom. The van der Waals surface area contributed by atoms with E-state index in [4.69, 9.17) is 4.74 Å². The number of nitrogens with zero attached hydrogens (tertiary/aromatic N) is 2. The Labute approximate surface area is 199 Å². The summed E-state index contributed by atoms with van der Waals surface area (Å²) in [5.74, 6) is -0.453. The van der Waals surface area contributed by atoms with Crippen LogP contribution in [0.3, 0.4) is 0 Å². The molecular weight excluding hydrogens is 515 g/mol. The predicted molar refractivity (Wildman–Crippen MR) is 127 cm³/mol. The summed E-state index contributed by atoms with van der Waals surface area (Å²) in [5, 5.41) is 14.1. The average Bonchev–Trinajstić information content (AvgIpc) is 2.73. The maximum atomic E-state index is 13.7. The van der Waals surface area contributed by atoms with Crippen LogP contribution < -0.4 is 10.3 Å². The highest BCUT2D eigenvalue weighted by atomic mass is 79.9. The Hall–Kier alpha value is -2.56. The molecule has 0 bridgehead atoms. The third-order valence-corrected chi connectivity index (χ3v) is 6.59. The highest BCUT2D eigenvalue weighted by molar-refractivity contribution is 9.10. The molecule has 0 saturated heterocycles. The van der Waals surface area contributed by atoms with E-state index in [2.05, 4.69) is 21.0 Å². The van der Waals surface area contributed by atoms with Gasteiger partial charge in [0, 0.05) is 11.8 Å². The summed E-state index contributed by atoms with van der Waals surface area (Å²) in [5.41, 5.74) is -0.139. The van der Waals surface area contributed by atoms with Gasteiger partial charge < -0.3 is 9.84 Å². The number of hydrogen-bond donors (Lipinski definition) is 1. The highest BCUT2D eigenvalue weighted by Crippen LogP contribution is 2.28. The molecule has 0 fully saturated rings. The molecule has 10 heteroatoms. The van der Waals surface area contributed by atoms with Crippen LogP contribution in [0.4, 0.5) is 4.39 Å². The van der Waals surface area contributed by atoms with E-state index in [-0.39, 0.29) is 21.7 Å². The SMILES string of the molecule is CC(C)(O)CCCOc1c(-c2ccc(S(C)(=O)=O)cc2)cnn(-c2ccc(F)c(Br)c2)c1=O. The Morgan fingerprint density at radius 1 is 1.18 bits per heavy atom. The van der Waals surface area contributed by atoms with E-state index in [1.807, 2.05) is 0 Å². The maximum absolute atomic E-state index is 13.7. The maximum Gasteiger partial charge on any atom is 0.314 e. The van der Waals surface area contributed by atoms with Gasteiger partial charge in [-0.2, -0.15) is 9.78 Å². The Bertz CT molecular complexity index is 1320. The topological polar surface area (TPSA) is 98.5 Å². The van der Waals surface area contributed by atoms with E-state index in [0.717, 1.165) is 10.9 Å². The highest BCUT2D eigenvalue weighted by Gasteiger charge is 2.18. The molecule has 1 N–H and O–H groups in total. The van der Waals surface area contributed by atoms with Gasteiger partial charge in [0.15, 0.2) is 15.6 Å². The number of aromatic nitrogens is 2. The van der Waals surface area contributed by atoms with Gasteiger partial charge in [0.25, 0.3) is 0 Å². The third kappa shape index (κ3) is 6.27. The van der Waals surface area contributed by atoms with Gasteiger partial charge in [0.1, 0.15) is 5.82 Å². The molecule has 33 heavy (non-hydrogen) atoms. The van der Waals surface area contributed by atoms with Crippen molar-refractivity contribution in [1.82, 2.24) is 9.78 Å². The van der Waals surface area contributed by atoms with Gasteiger partial charge in [-0.05, 0) is 78.5 Å². The first kappa shape index (κ1) is 25.1. The van der Waals surface area contributed by atoms with Crippen LogP contribution in [-0.4, -0.2) is 41.8 Å². The quantitative estimate of drug-likeness (QED) is 0.433. The smallest absolute Gasteiger partial charge is 0.314 e. The first-order chi connectivity index (χ1) is 15.4. The number of sulfone groups is 1. The van der Waals surface area contributed by atoms with Gasteiger partial charge >= 0.3 is 5.56 Å². The molecule has 2 aromatic carbocycles. The Kier molecular flexibility index (Phi) is 7.40. The van der Waals surface area contributed by atoms with Crippen molar-refractivity contribution in [3.63, 3.8) is 0 Å². The molecule has 0 aliphatic carbocycles. The van der Waals surface area contributed by atoms with Crippen LogP contribution in [0, 0.1) is 5.82 Å². The number of hydrogen-bond acceptors (Lipinski definition) is 6. The molecule has 1 aromatic heterocycles. The van der Waals surface area contributed by atoms with Gasteiger partial charge in [-0.1, -0.05) is 12.1 Å². The van der Waals surface area contributed by atoms with Crippen molar-refractivity contribution in [2.75, 3.05) is 12.9 Å². The average molecular weight is 539 g/mol. The number of benzene rings is 2. The third-order valence-electron chi connectivity index (χ3n) is 4.85. The molecule has 0 amide bonds. The minimum Gasteiger partial charge on any atom is -0.487 e. The molecule has 0 radical (unpaired) electrons. The van der Waals surface area contributed by atoms with Gasteiger partial charge in [-0.3, -0.25) is 4.79 Å². The molecule has 3 aromatic rings. The zero-order valence-corrected chi connectivity index (χ0v) is 20.8. The molecule has 0 aliphatic rings. The minimum absolute atomic E-state index is 0.0216. The lowest BCUT2D eigenvalue weighted by atomic mass is 10.0. The van der Waals surface area contributed by atoms with Crippen molar-refractivity contribution in [2.24, 2.45) is 0 Å². The van der Waals surface area contributed by atoms with Crippen molar-refractivity contribution in [2.45, 2.75) is 37.2 Å². The zero-order chi connectivity index (χ0) is 24.4. The van der Waals surface area contributed by atoms with Crippen molar-refractivity contribution >= 4 is 25.8 Å². The second-order valence-electron chi connectivity index (χ2n) is 8.26. The summed E-state index contributed by atoms with van der Waals surface area (Å²) in [6, 6.07) is 10.1. The molecule has 0 atom stereocenters. The van der Waals surface area contributed by atoms with Crippen LogP contribution in [0.5, 0.6) is 5.75 Å². The van der Waals surface area contributed by atoms with Crippen LogP contribution in [0.1, 0.15) is 26.7 Å². The van der Waals surface area contributed by atoms with Crippen LogP contribution >= 0.6 is 15.9 Å². The van der Waals surface area contributed by atoms with Gasteiger partial charge in [-0.15, -0.1) is 0 Å². The van der Waals surface area contributed by atoms with Crippen molar-refractivity contribution in [1.29, 1.82) is 0 Å². The number of halogens is 2. The van der Waals surface area contributed by atoms with E-state index in [0.29, 0.717) is 29.7 Å². The van der Waals surface area contributed by atoms with Gasteiger partial charge in [-0.25, -0.2) is 12.8 Å². The van der Waals surface area contributed by atoms with E-state index in [1.54, 1.807) is 26.0 Å². The zero-order valence-electron chi connectivity index (χ0n) is 18.4. The summed E-state index contributed by atoms with van der Waals surface area (Å²) in [7, 11) is -3.37. The Morgan fingerprint density at radius 3 is 2.42 bits per heavy atom. The first-order valence-corrected chi connectivity index (χ1v) is 12.8. The largest absolute Gasteiger partial charge is 0.487 e. The minimum atomic E-state index is -3.37. The Balaban J connectivity index is 2.05. The summed E-state index contributed by atoms with van der Waals surface area (Å²) in [6.07, 6.45) is 3.53. The molecule has 1 heterocycles. The number of ether oxygens (including phenoxy) is 1. The molecule has 0 unspecified atom stereocenters. The van der Waals surface area contributed by atoms with Crippen molar-refractivity contribution in [3.05, 3.63) is 69.3 Å². The predicted octanol–water partition coefficient (Wildman–Crippen LogP) is 4.13.